The molecule has 0 fully saturated rings. The first-order chi connectivity index (χ1) is 11.2. The van der Waals surface area contributed by atoms with Crippen LogP contribution in [0, 0.1) is 0 Å². The van der Waals surface area contributed by atoms with Gasteiger partial charge in [0.05, 0.1) is 0 Å². The number of carbonyl (C=O) groups excluding carboxylic acids is 1. The number of benzene rings is 2. The fraction of sp³-hybridized carbons (Fsp3) is 0.250. The van der Waals surface area contributed by atoms with Crippen molar-refractivity contribution in [3.63, 3.8) is 0 Å². The first-order valence-corrected chi connectivity index (χ1v) is 8.12. The largest absolute Gasteiger partial charge is 0.340 e. The number of para-hydroxylation sites is 1. The molecule has 2 heterocycles. The molecule has 1 aromatic heterocycles. The lowest BCUT2D eigenvalue weighted by atomic mass is 10.0. The summed E-state index contributed by atoms with van der Waals surface area (Å²) in [4.78, 5) is 13.7. The number of hydrogen-bond donors (Lipinski definition) is 0. The van der Waals surface area contributed by atoms with Gasteiger partial charge in [-0.05, 0) is 11.6 Å². The first kappa shape index (κ1) is 14.1. The van der Waals surface area contributed by atoms with E-state index < -0.39 is 0 Å². The van der Waals surface area contributed by atoms with Gasteiger partial charge in [-0.1, -0.05) is 48.5 Å². The molecule has 3 aromatic rings. The molecule has 3 nitrogen and oxygen atoms in total. The van der Waals surface area contributed by atoms with E-state index in [4.69, 9.17) is 0 Å². The van der Waals surface area contributed by atoms with Crippen LogP contribution in [0.4, 0.5) is 0 Å². The molecule has 4 rings (SSSR count). The number of hydrogen-bond acceptors (Lipinski definition) is 1. The molecular formula is C20H20N2O. The average Bonchev–Trinajstić information content (AvgIpc) is 2.90. The molecule has 0 atom stereocenters. The fourth-order valence-electron chi connectivity index (χ4n) is 3.62. The van der Waals surface area contributed by atoms with Crippen molar-refractivity contribution in [1.82, 2.24) is 9.47 Å². The maximum Gasteiger partial charge on any atom is 0.219 e. The lowest BCUT2D eigenvalue weighted by molar-refractivity contribution is -0.129. The van der Waals surface area contributed by atoms with Crippen LogP contribution >= 0.6 is 0 Å². The Hall–Kier alpha value is -2.55. The van der Waals surface area contributed by atoms with Crippen LogP contribution in [0.3, 0.4) is 0 Å². The van der Waals surface area contributed by atoms with Gasteiger partial charge >= 0.3 is 0 Å². The Bertz CT molecular complexity index is 864. The van der Waals surface area contributed by atoms with E-state index in [1.54, 1.807) is 6.92 Å². The van der Waals surface area contributed by atoms with Gasteiger partial charge in [-0.25, -0.2) is 0 Å². The van der Waals surface area contributed by atoms with Gasteiger partial charge < -0.3 is 9.47 Å². The number of nitrogens with zero attached hydrogens (tertiary/aromatic N) is 2. The third-order valence-corrected chi connectivity index (χ3v) is 4.79. The first-order valence-electron chi connectivity index (χ1n) is 8.12. The molecule has 0 radical (unpaired) electrons. The third kappa shape index (κ3) is 2.42. The number of rotatable bonds is 2. The van der Waals surface area contributed by atoms with E-state index in [0.29, 0.717) is 0 Å². The van der Waals surface area contributed by atoms with Crippen LogP contribution in [0.1, 0.15) is 23.7 Å². The van der Waals surface area contributed by atoms with Crippen molar-refractivity contribution in [2.24, 2.45) is 0 Å². The van der Waals surface area contributed by atoms with Crippen molar-refractivity contribution in [3.8, 4) is 0 Å². The van der Waals surface area contributed by atoms with Crippen molar-refractivity contribution < 1.29 is 4.79 Å². The van der Waals surface area contributed by atoms with Crippen molar-refractivity contribution in [2.75, 3.05) is 6.54 Å². The van der Waals surface area contributed by atoms with Gasteiger partial charge in [-0.15, -0.1) is 0 Å². The van der Waals surface area contributed by atoms with E-state index in [-0.39, 0.29) is 5.91 Å². The van der Waals surface area contributed by atoms with Crippen LogP contribution in [0.15, 0.2) is 54.6 Å². The Labute approximate surface area is 136 Å². The van der Waals surface area contributed by atoms with Crippen molar-refractivity contribution in [3.05, 3.63) is 71.4 Å². The molecule has 0 aliphatic carbocycles. The molecule has 0 saturated carbocycles. The molecule has 1 aliphatic heterocycles. The standard InChI is InChI=1S/C20H20N2O/c1-15(23)21-12-11-20-18(14-21)17-9-5-6-10-19(17)22(20)13-16-7-3-2-4-8-16/h2-10H,11-14H2,1H3. The van der Waals surface area contributed by atoms with Gasteiger partial charge in [0.25, 0.3) is 0 Å². The number of carbonyl (C=O) groups is 1. The zero-order chi connectivity index (χ0) is 15.8. The molecule has 0 unspecified atom stereocenters. The maximum atomic E-state index is 11.8. The second-order valence-electron chi connectivity index (χ2n) is 6.20. The zero-order valence-corrected chi connectivity index (χ0v) is 13.3. The summed E-state index contributed by atoms with van der Waals surface area (Å²) < 4.78 is 2.43. The van der Waals surface area contributed by atoms with Crippen LogP contribution in [0.5, 0.6) is 0 Å². The van der Waals surface area contributed by atoms with E-state index in [9.17, 15) is 4.79 Å². The quantitative estimate of drug-likeness (QED) is 0.710. The summed E-state index contributed by atoms with van der Waals surface area (Å²) in [5.41, 5.74) is 5.28. The predicted octanol–water partition coefficient (Wildman–Crippen LogP) is 3.59. The highest BCUT2D eigenvalue weighted by atomic mass is 16.2. The van der Waals surface area contributed by atoms with Gasteiger partial charge in [0, 0.05) is 55.1 Å². The van der Waals surface area contributed by atoms with E-state index in [0.717, 1.165) is 26.1 Å². The highest BCUT2D eigenvalue weighted by molar-refractivity contribution is 5.86. The van der Waals surface area contributed by atoms with Gasteiger partial charge in [0.1, 0.15) is 0 Å². The monoisotopic (exact) mass is 304 g/mol. The fourth-order valence-corrected chi connectivity index (χ4v) is 3.62. The summed E-state index contributed by atoms with van der Waals surface area (Å²) >= 11 is 0. The Balaban J connectivity index is 1.84. The van der Waals surface area contributed by atoms with Crippen LogP contribution in [0.2, 0.25) is 0 Å². The topological polar surface area (TPSA) is 25.2 Å². The Morgan fingerprint density at radius 3 is 2.57 bits per heavy atom. The summed E-state index contributed by atoms with van der Waals surface area (Å²) in [6.45, 7) is 4.09. The lowest BCUT2D eigenvalue weighted by Gasteiger charge is -2.27. The Morgan fingerprint density at radius 2 is 1.78 bits per heavy atom. The second-order valence-corrected chi connectivity index (χ2v) is 6.20. The minimum atomic E-state index is 0.163. The van der Waals surface area contributed by atoms with Crippen LogP contribution in [-0.4, -0.2) is 21.9 Å². The third-order valence-electron chi connectivity index (χ3n) is 4.79. The maximum absolute atomic E-state index is 11.8. The van der Waals surface area contributed by atoms with E-state index >= 15 is 0 Å². The van der Waals surface area contributed by atoms with Crippen molar-refractivity contribution in [2.45, 2.75) is 26.4 Å². The van der Waals surface area contributed by atoms with Crippen LogP contribution in [-0.2, 0) is 24.3 Å². The molecular weight excluding hydrogens is 284 g/mol. The SMILES string of the molecule is CC(=O)N1CCc2c(c3ccccc3n2Cc2ccccc2)C1. The summed E-state index contributed by atoms with van der Waals surface area (Å²) in [7, 11) is 0. The average molecular weight is 304 g/mol. The van der Waals surface area contributed by atoms with Gasteiger partial charge in [0.2, 0.25) is 5.91 Å². The van der Waals surface area contributed by atoms with E-state index in [1.807, 2.05) is 4.90 Å². The highest BCUT2D eigenvalue weighted by Gasteiger charge is 2.24. The van der Waals surface area contributed by atoms with Gasteiger partial charge in [-0.3, -0.25) is 4.79 Å². The van der Waals surface area contributed by atoms with Crippen LogP contribution < -0.4 is 0 Å². The number of amides is 1. The molecule has 0 bridgehead atoms. The summed E-state index contributed by atoms with van der Waals surface area (Å²) in [6.07, 6.45) is 0.927. The van der Waals surface area contributed by atoms with Gasteiger partial charge in [0.15, 0.2) is 0 Å². The molecule has 0 N–H and O–H groups in total. The normalized spacial score (nSPS) is 14.0. The van der Waals surface area contributed by atoms with Gasteiger partial charge in [-0.2, -0.15) is 0 Å². The molecule has 3 heteroatoms. The molecule has 116 valence electrons. The number of aromatic nitrogens is 1. The van der Waals surface area contributed by atoms with E-state index in [1.165, 1.54) is 27.7 Å². The molecule has 0 spiro atoms. The molecule has 2 aromatic carbocycles. The molecule has 23 heavy (non-hydrogen) atoms. The Kier molecular flexibility index (Phi) is 3.41. The minimum Gasteiger partial charge on any atom is -0.340 e. The smallest absolute Gasteiger partial charge is 0.219 e. The molecule has 1 aliphatic rings. The summed E-state index contributed by atoms with van der Waals surface area (Å²) in [5, 5.41) is 1.28. The van der Waals surface area contributed by atoms with Crippen molar-refractivity contribution in [1.29, 1.82) is 0 Å². The Morgan fingerprint density at radius 1 is 1.04 bits per heavy atom. The minimum absolute atomic E-state index is 0.163. The zero-order valence-electron chi connectivity index (χ0n) is 13.3. The summed E-state index contributed by atoms with van der Waals surface area (Å²) in [6, 6.07) is 19.1. The lowest BCUT2D eigenvalue weighted by Crippen LogP contribution is -2.34. The highest BCUT2D eigenvalue weighted by Crippen LogP contribution is 2.31. The number of fused-ring (bicyclic) bond motifs is 3. The predicted molar refractivity (Wildman–Crippen MR) is 92.3 cm³/mol. The van der Waals surface area contributed by atoms with Crippen molar-refractivity contribution >= 4 is 16.8 Å². The second kappa shape index (κ2) is 5.58. The molecule has 1 amide bonds. The molecule has 0 saturated heterocycles. The van der Waals surface area contributed by atoms with Crippen LogP contribution in [0.25, 0.3) is 10.9 Å². The van der Waals surface area contributed by atoms with E-state index in [2.05, 4.69) is 59.2 Å². The summed E-state index contributed by atoms with van der Waals surface area (Å²) in [5.74, 6) is 0.163.